The molecule has 1 N–H and O–H groups in total. The van der Waals surface area contributed by atoms with Crippen molar-refractivity contribution in [3.63, 3.8) is 0 Å². The van der Waals surface area contributed by atoms with Crippen molar-refractivity contribution in [1.29, 1.82) is 0 Å². The van der Waals surface area contributed by atoms with Gasteiger partial charge in [0.05, 0.1) is 26.2 Å². The second kappa shape index (κ2) is 10.9. The number of unbranched alkanes of at least 4 members (excludes halogenated alkanes) is 3. The molecule has 1 fully saturated rings. The lowest BCUT2D eigenvalue weighted by Gasteiger charge is -2.23. The Labute approximate surface area is 157 Å². The third-order valence-corrected chi connectivity index (χ3v) is 5.04. The Morgan fingerprint density at radius 2 is 1.42 bits per heavy atom. The summed E-state index contributed by atoms with van der Waals surface area (Å²) >= 11 is 0. The average molecular weight is 355 g/mol. The lowest BCUT2D eigenvalue weighted by Crippen LogP contribution is -3.12. The molecule has 0 atom stereocenters. The first-order chi connectivity index (χ1) is 12.9. The van der Waals surface area contributed by atoms with Gasteiger partial charge in [-0.1, -0.05) is 24.3 Å². The smallest absolute Gasteiger partial charge is 0.131 e. The van der Waals surface area contributed by atoms with Crippen LogP contribution in [0.3, 0.4) is 0 Å². The molecule has 3 rings (SSSR count). The molecule has 3 nitrogen and oxygen atoms in total. The third-order valence-electron chi connectivity index (χ3n) is 5.04. The maximum atomic E-state index is 5.90. The molecule has 140 valence electrons. The molecular weight excluding hydrogens is 322 g/mol. The van der Waals surface area contributed by atoms with Crippen LogP contribution in [0.1, 0.15) is 44.9 Å². The Bertz CT molecular complexity index is 623. The van der Waals surface area contributed by atoms with Crippen molar-refractivity contribution in [3.8, 4) is 17.2 Å². The lowest BCUT2D eigenvalue weighted by molar-refractivity contribution is -0.905. The van der Waals surface area contributed by atoms with Gasteiger partial charge in [-0.2, -0.15) is 0 Å². The predicted octanol–water partition coefficient (Wildman–Crippen LogP) is 4.49. The van der Waals surface area contributed by atoms with Crippen LogP contribution >= 0.6 is 0 Å². The molecule has 3 heteroatoms. The van der Waals surface area contributed by atoms with Crippen molar-refractivity contribution < 1.29 is 14.4 Å². The summed E-state index contributed by atoms with van der Waals surface area (Å²) in [6.45, 7) is 4.93. The number of nitrogens with one attached hydrogen (secondary N) is 1. The number of likely N-dealkylation sites (tertiary alicyclic amines) is 1. The average Bonchev–Trinajstić information content (AvgIpc) is 2.69. The van der Waals surface area contributed by atoms with Gasteiger partial charge in [-0.05, 0) is 69.2 Å². The summed E-state index contributed by atoms with van der Waals surface area (Å²) in [4.78, 5) is 1.82. The minimum Gasteiger partial charge on any atom is -0.493 e. The molecule has 0 saturated carbocycles. The summed E-state index contributed by atoms with van der Waals surface area (Å²) in [7, 11) is 0. The Kier molecular flexibility index (Phi) is 7.85. The van der Waals surface area contributed by atoms with Crippen molar-refractivity contribution in [3.05, 3.63) is 54.6 Å². The third kappa shape index (κ3) is 6.72. The zero-order valence-corrected chi connectivity index (χ0v) is 15.8. The van der Waals surface area contributed by atoms with E-state index in [2.05, 4.69) is 0 Å². The van der Waals surface area contributed by atoms with Crippen LogP contribution in [0.25, 0.3) is 0 Å². The highest BCUT2D eigenvalue weighted by Crippen LogP contribution is 2.25. The van der Waals surface area contributed by atoms with Crippen LogP contribution in [0, 0.1) is 0 Å². The monoisotopic (exact) mass is 354 g/mol. The molecule has 0 aromatic heterocycles. The minimum absolute atomic E-state index is 0.783. The molecule has 1 heterocycles. The van der Waals surface area contributed by atoms with Crippen LogP contribution in [0.15, 0.2) is 54.6 Å². The van der Waals surface area contributed by atoms with Gasteiger partial charge in [-0.15, -0.1) is 0 Å². The minimum atomic E-state index is 0.783. The lowest BCUT2D eigenvalue weighted by atomic mass is 10.1. The number of hydrogen-bond donors (Lipinski definition) is 1. The van der Waals surface area contributed by atoms with E-state index >= 15 is 0 Å². The van der Waals surface area contributed by atoms with Crippen LogP contribution in [0.5, 0.6) is 17.2 Å². The molecule has 0 aliphatic carbocycles. The van der Waals surface area contributed by atoms with E-state index in [1.54, 1.807) is 0 Å². The molecule has 26 heavy (non-hydrogen) atoms. The molecule has 0 unspecified atom stereocenters. The number of hydrogen-bond acceptors (Lipinski definition) is 2. The van der Waals surface area contributed by atoms with Gasteiger partial charge in [0.25, 0.3) is 0 Å². The Hall–Kier alpha value is -2.00. The summed E-state index contributed by atoms with van der Waals surface area (Å²) in [5.41, 5.74) is 0. The van der Waals surface area contributed by atoms with Crippen LogP contribution in [0.2, 0.25) is 0 Å². The predicted molar refractivity (Wildman–Crippen MR) is 106 cm³/mol. The van der Waals surface area contributed by atoms with E-state index in [1.165, 1.54) is 58.2 Å². The van der Waals surface area contributed by atoms with Crippen LogP contribution in [-0.4, -0.2) is 26.2 Å². The topological polar surface area (TPSA) is 22.9 Å². The first-order valence-electron chi connectivity index (χ1n) is 10.2. The summed E-state index contributed by atoms with van der Waals surface area (Å²) < 4.78 is 11.7. The molecule has 0 bridgehead atoms. The number of para-hydroxylation sites is 1. The first-order valence-corrected chi connectivity index (χ1v) is 10.2. The summed E-state index contributed by atoms with van der Waals surface area (Å²) in [5, 5.41) is 0. The Morgan fingerprint density at radius 3 is 2.27 bits per heavy atom. The van der Waals surface area contributed by atoms with E-state index in [-0.39, 0.29) is 0 Å². The highest BCUT2D eigenvalue weighted by atomic mass is 16.5. The Morgan fingerprint density at radius 1 is 0.692 bits per heavy atom. The fourth-order valence-corrected chi connectivity index (χ4v) is 3.57. The second-order valence-electron chi connectivity index (χ2n) is 7.21. The van der Waals surface area contributed by atoms with E-state index in [4.69, 9.17) is 9.47 Å². The number of benzene rings is 2. The number of piperidine rings is 1. The SMILES string of the molecule is c1ccc(Oc2cccc(OCCCCCC[NH+]3CCCCC3)c2)cc1. The summed E-state index contributed by atoms with van der Waals surface area (Å²) in [6, 6.07) is 17.8. The molecular formula is C23H32NO2+. The molecule has 0 amide bonds. The van der Waals surface area contributed by atoms with Gasteiger partial charge in [0.2, 0.25) is 0 Å². The normalized spacial score (nSPS) is 14.9. The zero-order valence-electron chi connectivity index (χ0n) is 15.8. The summed E-state index contributed by atoms with van der Waals surface area (Å²) in [6.07, 6.45) is 9.36. The van der Waals surface area contributed by atoms with Gasteiger partial charge in [-0.25, -0.2) is 0 Å². The van der Waals surface area contributed by atoms with Gasteiger partial charge < -0.3 is 14.4 Å². The standard InChI is InChI=1S/C23H31NO2/c1(7-16-24-17-8-4-9-18-24)2-10-19-25-22-14-11-15-23(20-22)26-21-12-5-3-6-13-21/h3,5-6,11-15,20H,1-2,4,7-10,16-19H2/p+1. The van der Waals surface area contributed by atoms with Gasteiger partial charge >= 0.3 is 0 Å². The molecule has 1 saturated heterocycles. The van der Waals surface area contributed by atoms with Crippen molar-refractivity contribution in [2.24, 2.45) is 0 Å². The van der Waals surface area contributed by atoms with Gasteiger partial charge in [-0.3, -0.25) is 0 Å². The van der Waals surface area contributed by atoms with E-state index in [1.807, 2.05) is 59.5 Å². The van der Waals surface area contributed by atoms with Gasteiger partial charge in [0.15, 0.2) is 0 Å². The van der Waals surface area contributed by atoms with E-state index in [9.17, 15) is 0 Å². The highest BCUT2D eigenvalue weighted by molar-refractivity contribution is 5.36. The van der Waals surface area contributed by atoms with E-state index < -0.39 is 0 Å². The molecule has 1 aliphatic rings. The number of quaternary nitrogens is 1. The zero-order chi connectivity index (χ0) is 17.9. The molecule has 0 spiro atoms. The molecule has 1 aliphatic heterocycles. The quantitative estimate of drug-likeness (QED) is 0.636. The van der Waals surface area contributed by atoms with Crippen molar-refractivity contribution >= 4 is 0 Å². The van der Waals surface area contributed by atoms with Gasteiger partial charge in [0.1, 0.15) is 17.2 Å². The van der Waals surface area contributed by atoms with Crippen molar-refractivity contribution in [1.82, 2.24) is 0 Å². The first kappa shape index (κ1) is 18.8. The fraction of sp³-hybridized carbons (Fsp3) is 0.478. The fourth-order valence-electron chi connectivity index (χ4n) is 3.57. The number of ether oxygens (including phenoxy) is 2. The molecule has 2 aromatic rings. The number of rotatable bonds is 10. The van der Waals surface area contributed by atoms with Gasteiger partial charge in [0, 0.05) is 6.07 Å². The van der Waals surface area contributed by atoms with E-state index in [0.717, 1.165) is 30.3 Å². The highest BCUT2D eigenvalue weighted by Gasteiger charge is 2.12. The van der Waals surface area contributed by atoms with Crippen molar-refractivity contribution in [2.45, 2.75) is 44.9 Å². The van der Waals surface area contributed by atoms with Crippen LogP contribution in [0.4, 0.5) is 0 Å². The maximum Gasteiger partial charge on any atom is 0.131 e. The van der Waals surface area contributed by atoms with E-state index in [0.29, 0.717) is 0 Å². The Balaban J connectivity index is 1.29. The summed E-state index contributed by atoms with van der Waals surface area (Å²) in [5.74, 6) is 2.55. The van der Waals surface area contributed by atoms with Crippen LogP contribution in [-0.2, 0) is 0 Å². The van der Waals surface area contributed by atoms with Crippen molar-refractivity contribution in [2.75, 3.05) is 26.2 Å². The molecule has 0 radical (unpaired) electrons. The van der Waals surface area contributed by atoms with Crippen LogP contribution < -0.4 is 14.4 Å². The second-order valence-corrected chi connectivity index (χ2v) is 7.21. The maximum absolute atomic E-state index is 5.90. The molecule has 2 aromatic carbocycles. The largest absolute Gasteiger partial charge is 0.493 e.